The fourth-order valence-corrected chi connectivity index (χ4v) is 2.35. The monoisotopic (exact) mass is 318 g/mol. The zero-order valence-electron chi connectivity index (χ0n) is 14.3. The van der Waals surface area contributed by atoms with Gasteiger partial charge in [0.25, 0.3) is 0 Å². The van der Waals surface area contributed by atoms with Crippen molar-refractivity contribution in [2.45, 2.75) is 58.3 Å². The van der Waals surface area contributed by atoms with E-state index in [-0.39, 0.29) is 24.7 Å². The first kappa shape index (κ1) is 19.2. The van der Waals surface area contributed by atoms with Crippen molar-refractivity contribution in [2.24, 2.45) is 0 Å². The van der Waals surface area contributed by atoms with Crippen molar-refractivity contribution >= 4 is 11.8 Å². The highest BCUT2D eigenvalue weighted by atomic mass is 16.2. The Bertz CT molecular complexity index is 446. The van der Waals surface area contributed by atoms with Crippen LogP contribution in [-0.2, 0) is 16.0 Å². The van der Waals surface area contributed by atoms with E-state index in [2.05, 4.69) is 17.6 Å². The van der Waals surface area contributed by atoms with Crippen LogP contribution >= 0.6 is 0 Å². The van der Waals surface area contributed by atoms with Gasteiger partial charge in [-0.3, -0.25) is 9.59 Å². The van der Waals surface area contributed by atoms with Gasteiger partial charge in [0, 0.05) is 25.9 Å². The predicted octanol–water partition coefficient (Wildman–Crippen LogP) is 3.21. The van der Waals surface area contributed by atoms with E-state index in [0.717, 1.165) is 25.8 Å². The summed E-state index contributed by atoms with van der Waals surface area (Å²) in [6, 6.07) is 10.0. The molecule has 0 aliphatic carbocycles. The molecule has 1 rings (SSSR count). The van der Waals surface area contributed by atoms with E-state index >= 15 is 0 Å². The summed E-state index contributed by atoms with van der Waals surface area (Å²) < 4.78 is 0. The van der Waals surface area contributed by atoms with Crippen molar-refractivity contribution in [1.29, 1.82) is 0 Å². The molecule has 0 atom stereocenters. The number of carbonyl (C=O) groups is 2. The second kappa shape index (κ2) is 12.7. The molecule has 0 aliphatic heterocycles. The molecule has 0 saturated heterocycles. The number of nitrogens with one attached hydrogen (secondary N) is 2. The van der Waals surface area contributed by atoms with Crippen LogP contribution in [0.25, 0.3) is 0 Å². The maximum atomic E-state index is 11.7. The van der Waals surface area contributed by atoms with Crippen LogP contribution in [0.1, 0.15) is 57.4 Å². The largest absolute Gasteiger partial charge is 0.356 e. The zero-order valence-corrected chi connectivity index (χ0v) is 14.3. The van der Waals surface area contributed by atoms with Crippen LogP contribution in [0.3, 0.4) is 0 Å². The fourth-order valence-electron chi connectivity index (χ4n) is 2.35. The minimum Gasteiger partial charge on any atom is -0.356 e. The van der Waals surface area contributed by atoms with Crippen LogP contribution in [0.2, 0.25) is 0 Å². The lowest BCUT2D eigenvalue weighted by Gasteiger charge is -2.07. The highest BCUT2D eigenvalue weighted by Crippen LogP contribution is 2.01. The minimum absolute atomic E-state index is 0.0290. The van der Waals surface area contributed by atoms with Crippen molar-refractivity contribution in [2.75, 3.05) is 13.1 Å². The molecular formula is C19H30N2O2. The Hall–Kier alpha value is -1.84. The van der Waals surface area contributed by atoms with E-state index in [1.165, 1.54) is 24.8 Å². The van der Waals surface area contributed by atoms with Gasteiger partial charge in [-0.15, -0.1) is 0 Å². The van der Waals surface area contributed by atoms with Crippen molar-refractivity contribution in [3.8, 4) is 0 Å². The van der Waals surface area contributed by atoms with Gasteiger partial charge in [0.2, 0.25) is 11.8 Å². The molecule has 4 heteroatoms. The lowest BCUT2D eigenvalue weighted by atomic mass is 10.1. The summed E-state index contributed by atoms with van der Waals surface area (Å²) in [6.45, 7) is 3.52. The van der Waals surface area contributed by atoms with Crippen LogP contribution in [0, 0.1) is 0 Å². The average Bonchev–Trinajstić information content (AvgIpc) is 2.57. The lowest BCUT2D eigenvalue weighted by Crippen LogP contribution is -2.29. The number of unbranched alkanes of at least 4 members (excludes halogenated alkanes) is 4. The van der Waals surface area contributed by atoms with Gasteiger partial charge in [-0.25, -0.2) is 0 Å². The fraction of sp³-hybridized carbons (Fsp3) is 0.579. The Kier molecular flexibility index (Phi) is 10.6. The SMILES string of the molecule is CCCCCCCNC(=O)CCC(=O)NCCc1ccccc1. The molecule has 4 nitrogen and oxygen atoms in total. The molecular weight excluding hydrogens is 288 g/mol. The molecule has 2 N–H and O–H groups in total. The molecule has 2 amide bonds. The summed E-state index contributed by atoms with van der Waals surface area (Å²) in [7, 11) is 0. The Balaban J connectivity index is 1.99. The van der Waals surface area contributed by atoms with Gasteiger partial charge in [0.1, 0.15) is 0 Å². The van der Waals surface area contributed by atoms with E-state index in [4.69, 9.17) is 0 Å². The summed E-state index contributed by atoms with van der Waals surface area (Å²) in [4.78, 5) is 23.3. The zero-order chi connectivity index (χ0) is 16.8. The minimum atomic E-state index is -0.0565. The number of hydrogen-bond donors (Lipinski definition) is 2. The number of amides is 2. The molecule has 0 heterocycles. The van der Waals surface area contributed by atoms with E-state index in [1.54, 1.807) is 0 Å². The molecule has 1 aromatic rings. The molecule has 128 valence electrons. The molecule has 23 heavy (non-hydrogen) atoms. The molecule has 0 radical (unpaired) electrons. The highest BCUT2D eigenvalue weighted by molar-refractivity contribution is 5.83. The maximum absolute atomic E-state index is 11.7. The normalized spacial score (nSPS) is 10.3. The summed E-state index contributed by atoms with van der Waals surface area (Å²) in [5.41, 5.74) is 1.20. The number of rotatable bonds is 12. The Labute approximate surface area is 140 Å². The second-order valence-corrected chi connectivity index (χ2v) is 5.85. The van der Waals surface area contributed by atoms with Crippen molar-refractivity contribution in [1.82, 2.24) is 10.6 Å². The van der Waals surface area contributed by atoms with Crippen LogP contribution in [0.4, 0.5) is 0 Å². The number of benzene rings is 1. The predicted molar refractivity (Wildman–Crippen MR) is 94.2 cm³/mol. The highest BCUT2D eigenvalue weighted by Gasteiger charge is 2.06. The summed E-state index contributed by atoms with van der Waals surface area (Å²) in [5.74, 6) is -0.0854. The van der Waals surface area contributed by atoms with Crippen molar-refractivity contribution < 1.29 is 9.59 Å². The van der Waals surface area contributed by atoms with Crippen molar-refractivity contribution in [3.05, 3.63) is 35.9 Å². The third-order valence-electron chi connectivity index (χ3n) is 3.76. The van der Waals surface area contributed by atoms with E-state index in [0.29, 0.717) is 6.54 Å². The van der Waals surface area contributed by atoms with Gasteiger partial charge in [-0.1, -0.05) is 62.9 Å². The molecule has 0 bridgehead atoms. The van der Waals surface area contributed by atoms with Gasteiger partial charge in [-0.05, 0) is 18.4 Å². The summed E-state index contributed by atoms with van der Waals surface area (Å²) >= 11 is 0. The molecule has 0 saturated carbocycles. The smallest absolute Gasteiger partial charge is 0.220 e. The van der Waals surface area contributed by atoms with Crippen LogP contribution < -0.4 is 10.6 Å². The maximum Gasteiger partial charge on any atom is 0.220 e. The number of hydrogen-bond acceptors (Lipinski definition) is 2. The Morgan fingerprint density at radius 3 is 2.09 bits per heavy atom. The van der Waals surface area contributed by atoms with Gasteiger partial charge in [0.05, 0.1) is 0 Å². The first-order chi connectivity index (χ1) is 11.2. The topological polar surface area (TPSA) is 58.2 Å². The molecule has 0 spiro atoms. The molecule has 0 aromatic heterocycles. The average molecular weight is 318 g/mol. The summed E-state index contributed by atoms with van der Waals surface area (Å²) in [5, 5.41) is 5.74. The molecule has 0 aliphatic rings. The molecule has 1 aromatic carbocycles. The van der Waals surface area contributed by atoms with E-state index in [9.17, 15) is 9.59 Å². The van der Waals surface area contributed by atoms with Crippen LogP contribution in [0.5, 0.6) is 0 Å². The first-order valence-electron chi connectivity index (χ1n) is 8.79. The van der Waals surface area contributed by atoms with Gasteiger partial charge >= 0.3 is 0 Å². The lowest BCUT2D eigenvalue weighted by molar-refractivity contribution is -0.126. The Morgan fingerprint density at radius 2 is 1.43 bits per heavy atom. The summed E-state index contributed by atoms with van der Waals surface area (Å²) in [6.07, 6.45) is 7.25. The third-order valence-corrected chi connectivity index (χ3v) is 3.76. The molecule has 0 unspecified atom stereocenters. The first-order valence-corrected chi connectivity index (χ1v) is 8.79. The van der Waals surface area contributed by atoms with Gasteiger partial charge in [0.15, 0.2) is 0 Å². The van der Waals surface area contributed by atoms with Gasteiger partial charge < -0.3 is 10.6 Å². The third kappa shape index (κ3) is 10.5. The Morgan fingerprint density at radius 1 is 0.826 bits per heavy atom. The van der Waals surface area contributed by atoms with Crippen LogP contribution in [0.15, 0.2) is 30.3 Å². The quantitative estimate of drug-likeness (QED) is 0.581. The number of carbonyl (C=O) groups excluding carboxylic acids is 2. The standard InChI is InChI=1S/C19H30N2O2/c1-2-3-4-5-9-15-20-18(22)12-13-19(23)21-16-14-17-10-7-6-8-11-17/h6-8,10-11H,2-5,9,12-16H2,1H3,(H,20,22)(H,21,23). The molecule has 0 fully saturated rings. The second-order valence-electron chi connectivity index (χ2n) is 5.85. The van der Waals surface area contributed by atoms with Crippen LogP contribution in [-0.4, -0.2) is 24.9 Å². The van der Waals surface area contributed by atoms with Gasteiger partial charge in [-0.2, -0.15) is 0 Å². The van der Waals surface area contributed by atoms with Crippen molar-refractivity contribution in [3.63, 3.8) is 0 Å². The van der Waals surface area contributed by atoms with E-state index < -0.39 is 0 Å². The van der Waals surface area contributed by atoms with E-state index in [1.807, 2.05) is 30.3 Å².